The average molecular weight is 603 g/mol. The predicted octanol–water partition coefficient (Wildman–Crippen LogP) is 13.1. The SMILES string of the molecule is CCCCCC=CCC=CCCCCCCCCC(COCCCCCCCC/C=C\C/C=C\CCCCC)OC(=O)O. The third kappa shape index (κ3) is 36.3. The molecule has 0 aromatic carbocycles. The van der Waals surface area contributed by atoms with Crippen molar-refractivity contribution in [2.45, 2.75) is 180 Å². The number of unbranched alkanes of at least 4 members (excludes halogenated alkanes) is 18. The monoisotopic (exact) mass is 603 g/mol. The summed E-state index contributed by atoms with van der Waals surface area (Å²) in [7, 11) is 0. The van der Waals surface area contributed by atoms with Crippen molar-refractivity contribution in [1.29, 1.82) is 0 Å². The van der Waals surface area contributed by atoms with Gasteiger partial charge in [-0.15, -0.1) is 0 Å². The molecule has 0 radical (unpaired) electrons. The Hall–Kier alpha value is -1.81. The lowest BCUT2D eigenvalue weighted by molar-refractivity contribution is -0.00676. The Bertz CT molecular complexity index is 679. The standard InChI is InChI=1S/C39H70O4/c1-3-5-7-9-11-13-15-17-19-21-23-25-27-29-31-33-35-38(43-39(40)41)37-42-36-34-32-30-28-26-24-22-20-18-16-14-12-10-8-6-4-2/h11-14,17-20,38H,3-10,15-16,21-37H2,1-2H3,(H,40,41)/b13-11?,14-12-,19-17?,20-18-. The maximum absolute atomic E-state index is 11.1. The molecule has 0 fully saturated rings. The van der Waals surface area contributed by atoms with Crippen molar-refractivity contribution in [3.05, 3.63) is 48.6 Å². The number of rotatable bonds is 33. The first-order valence-electron chi connectivity index (χ1n) is 18.3. The van der Waals surface area contributed by atoms with Gasteiger partial charge < -0.3 is 14.6 Å². The molecule has 0 aliphatic carbocycles. The number of hydrogen-bond donors (Lipinski definition) is 1. The van der Waals surface area contributed by atoms with Crippen LogP contribution in [0.5, 0.6) is 0 Å². The first-order chi connectivity index (χ1) is 21.2. The topological polar surface area (TPSA) is 55.8 Å². The van der Waals surface area contributed by atoms with Gasteiger partial charge in [0.15, 0.2) is 0 Å². The van der Waals surface area contributed by atoms with Crippen LogP contribution in [0.2, 0.25) is 0 Å². The second kappa shape index (κ2) is 36.4. The van der Waals surface area contributed by atoms with Gasteiger partial charge in [0.1, 0.15) is 6.10 Å². The summed E-state index contributed by atoms with van der Waals surface area (Å²) in [6.45, 7) is 5.57. The average Bonchev–Trinajstić information content (AvgIpc) is 2.99. The van der Waals surface area contributed by atoms with Crippen molar-refractivity contribution >= 4 is 6.16 Å². The zero-order chi connectivity index (χ0) is 31.3. The normalized spacial score (nSPS) is 12.9. The Labute approximate surface area is 267 Å². The summed E-state index contributed by atoms with van der Waals surface area (Å²) >= 11 is 0. The van der Waals surface area contributed by atoms with Gasteiger partial charge in [0, 0.05) is 6.61 Å². The van der Waals surface area contributed by atoms with Gasteiger partial charge in [-0.1, -0.05) is 140 Å². The molecule has 0 amide bonds. The fraction of sp³-hybridized carbons (Fsp3) is 0.769. The summed E-state index contributed by atoms with van der Waals surface area (Å²) in [6.07, 6.45) is 46.9. The molecule has 0 aliphatic heterocycles. The van der Waals surface area contributed by atoms with Crippen molar-refractivity contribution in [1.82, 2.24) is 0 Å². The molecule has 0 aliphatic rings. The van der Waals surface area contributed by atoms with E-state index in [0.717, 1.165) is 38.5 Å². The molecule has 0 heterocycles. The molecule has 4 nitrogen and oxygen atoms in total. The molecule has 250 valence electrons. The Morgan fingerprint density at radius 3 is 1.37 bits per heavy atom. The lowest BCUT2D eigenvalue weighted by atomic mass is 10.1. The van der Waals surface area contributed by atoms with Gasteiger partial charge in [-0.3, -0.25) is 0 Å². The van der Waals surface area contributed by atoms with Gasteiger partial charge in [0.05, 0.1) is 6.61 Å². The maximum atomic E-state index is 11.1. The molecule has 43 heavy (non-hydrogen) atoms. The van der Waals surface area contributed by atoms with Gasteiger partial charge in [0.25, 0.3) is 0 Å². The van der Waals surface area contributed by atoms with Crippen LogP contribution in [-0.4, -0.2) is 30.6 Å². The van der Waals surface area contributed by atoms with Crippen LogP contribution >= 0.6 is 0 Å². The number of carbonyl (C=O) groups is 1. The lowest BCUT2D eigenvalue weighted by Gasteiger charge is -2.16. The van der Waals surface area contributed by atoms with Crippen LogP contribution in [0.4, 0.5) is 4.79 Å². The zero-order valence-corrected chi connectivity index (χ0v) is 28.5. The fourth-order valence-corrected chi connectivity index (χ4v) is 5.09. The molecule has 0 saturated heterocycles. The molecule has 0 aromatic heterocycles. The third-order valence-electron chi connectivity index (χ3n) is 7.79. The quantitative estimate of drug-likeness (QED) is 0.0461. The highest BCUT2D eigenvalue weighted by Gasteiger charge is 2.13. The molecule has 0 bridgehead atoms. The van der Waals surface area contributed by atoms with Crippen LogP contribution in [-0.2, 0) is 9.47 Å². The Morgan fingerprint density at radius 2 is 0.930 bits per heavy atom. The molecular weight excluding hydrogens is 532 g/mol. The van der Waals surface area contributed by atoms with E-state index < -0.39 is 6.16 Å². The van der Waals surface area contributed by atoms with E-state index in [0.29, 0.717) is 13.2 Å². The van der Waals surface area contributed by atoms with Crippen LogP contribution in [0.25, 0.3) is 0 Å². The van der Waals surface area contributed by atoms with Gasteiger partial charge in [-0.05, 0) is 83.5 Å². The summed E-state index contributed by atoms with van der Waals surface area (Å²) in [6, 6.07) is 0. The minimum Gasteiger partial charge on any atom is -0.450 e. The van der Waals surface area contributed by atoms with E-state index in [4.69, 9.17) is 14.6 Å². The molecule has 1 atom stereocenters. The fourth-order valence-electron chi connectivity index (χ4n) is 5.09. The van der Waals surface area contributed by atoms with Gasteiger partial charge in [0.2, 0.25) is 0 Å². The summed E-state index contributed by atoms with van der Waals surface area (Å²) in [4.78, 5) is 11.1. The van der Waals surface area contributed by atoms with E-state index in [2.05, 4.69) is 62.5 Å². The van der Waals surface area contributed by atoms with Crippen LogP contribution < -0.4 is 0 Å². The van der Waals surface area contributed by atoms with E-state index in [1.165, 1.54) is 122 Å². The van der Waals surface area contributed by atoms with Crippen LogP contribution in [0.15, 0.2) is 48.6 Å². The Kier molecular flexibility index (Phi) is 34.9. The van der Waals surface area contributed by atoms with E-state index in [-0.39, 0.29) is 6.10 Å². The third-order valence-corrected chi connectivity index (χ3v) is 7.79. The highest BCUT2D eigenvalue weighted by Crippen LogP contribution is 2.13. The molecular formula is C39H70O4. The predicted molar refractivity (Wildman–Crippen MR) is 187 cm³/mol. The van der Waals surface area contributed by atoms with Crippen molar-refractivity contribution < 1.29 is 19.4 Å². The Morgan fingerprint density at radius 1 is 0.535 bits per heavy atom. The van der Waals surface area contributed by atoms with Crippen molar-refractivity contribution in [2.75, 3.05) is 13.2 Å². The second-order valence-electron chi connectivity index (χ2n) is 12.0. The maximum Gasteiger partial charge on any atom is 0.506 e. The van der Waals surface area contributed by atoms with Crippen LogP contribution in [0.1, 0.15) is 174 Å². The molecule has 0 spiro atoms. The summed E-state index contributed by atoms with van der Waals surface area (Å²) in [5.41, 5.74) is 0. The molecule has 1 unspecified atom stereocenters. The molecule has 0 aromatic rings. The van der Waals surface area contributed by atoms with Gasteiger partial charge >= 0.3 is 6.16 Å². The van der Waals surface area contributed by atoms with E-state index in [9.17, 15) is 4.79 Å². The number of allylic oxidation sites excluding steroid dienone is 8. The molecule has 4 heteroatoms. The van der Waals surface area contributed by atoms with Gasteiger partial charge in [-0.2, -0.15) is 0 Å². The molecule has 0 saturated carbocycles. The first kappa shape index (κ1) is 41.2. The van der Waals surface area contributed by atoms with E-state index >= 15 is 0 Å². The zero-order valence-electron chi connectivity index (χ0n) is 28.5. The Balaban J connectivity index is 3.60. The van der Waals surface area contributed by atoms with Crippen molar-refractivity contribution in [3.63, 3.8) is 0 Å². The van der Waals surface area contributed by atoms with Crippen LogP contribution in [0, 0.1) is 0 Å². The minimum absolute atomic E-state index is 0.340. The number of ether oxygens (including phenoxy) is 2. The molecule has 0 rings (SSSR count). The first-order valence-corrected chi connectivity index (χ1v) is 18.3. The van der Waals surface area contributed by atoms with Crippen molar-refractivity contribution in [2.24, 2.45) is 0 Å². The number of carboxylic acid groups (broad SMARTS) is 1. The highest BCUT2D eigenvalue weighted by atomic mass is 16.7. The lowest BCUT2D eigenvalue weighted by Crippen LogP contribution is -2.23. The molecule has 1 N–H and O–H groups in total. The highest BCUT2D eigenvalue weighted by molar-refractivity contribution is 5.57. The minimum atomic E-state index is -1.19. The van der Waals surface area contributed by atoms with Crippen molar-refractivity contribution in [3.8, 4) is 0 Å². The second-order valence-corrected chi connectivity index (χ2v) is 12.0. The van der Waals surface area contributed by atoms with Gasteiger partial charge in [-0.25, -0.2) is 4.79 Å². The van der Waals surface area contributed by atoms with E-state index in [1.807, 2.05) is 0 Å². The number of hydrogen-bond acceptors (Lipinski definition) is 3. The van der Waals surface area contributed by atoms with E-state index in [1.54, 1.807) is 0 Å². The summed E-state index contributed by atoms with van der Waals surface area (Å²) < 4.78 is 10.9. The van der Waals surface area contributed by atoms with Crippen LogP contribution in [0.3, 0.4) is 0 Å². The summed E-state index contributed by atoms with van der Waals surface area (Å²) in [5, 5.41) is 9.08. The largest absolute Gasteiger partial charge is 0.506 e. The smallest absolute Gasteiger partial charge is 0.450 e. The summed E-state index contributed by atoms with van der Waals surface area (Å²) in [5.74, 6) is 0.